The number of aromatic hydroxyl groups is 1. The third-order valence-electron chi connectivity index (χ3n) is 7.70. The zero-order valence-electron chi connectivity index (χ0n) is 24.4. The van der Waals surface area contributed by atoms with E-state index in [1.807, 2.05) is 13.8 Å². The fourth-order valence-corrected chi connectivity index (χ4v) is 5.60. The molecule has 2 heterocycles. The monoisotopic (exact) mass is 603 g/mol. The summed E-state index contributed by atoms with van der Waals surface area (Å²) in [4.78, 5) is 79.2. The number of nitrogens with one attached hydrogen (secondary N) is 2. The molecule has 0 bridgehead atoms. The second kappa shape index (κ2) is 14.8. The number of carbonyl (C=O) groups excluding carboxylic acids is 4. The van der Waals surface area contributed by atoms with E-state index in [1.165, 1.54) is 34.1 Å². The van der Waals surface area contributed by atoms with E-state index in [2.05, 4.69) is 10.6 Å². The topological polar surface area (TPSA) is 220 Å². The predicted octanol–water partition coefficient (Wildman–Crippen LogP) is -0.181. The molecule has 2 aliphatic rings. The first-order chi connectivity index (χ1) is 20.3. The molecule has 4 amide bonds. The van der Waals surface area contributed by atoms with Gasteiger partial charge in [0.2, 0.25) is 23.6 Å². The molecule has 14 nitrogen and oxygen atoms in total. The van der Waals surface area contributed by atoms with Crippen LogP contribution < -0.4 is 16.4 Å². The second-order valence-corrected chi connectivity index (χ2v) is 11.5. The fourth-order valence-electron chi connectivity index (χ4n) is 5.60. The fraction of sp³-hybridized carbons (Fsp3) is 0.586. The van der Waals surface area contributed by atoms with Crippen molar-refractivity contribution in [3.8, 4) is 5.75 Å². The Labute approximate surface area is 249 Å². The van der Waals surface area contributed by atoms with Gasteiger partial charge in [-0.2, -0.15) is 0 Å². The summed E-state index contributed by atoms with van der Waals surface area (Å²) in [5, 5.41) is 33.2. The summed E-state index contributed by atoms with van der Waals surface area (Å²) in [6, 6.07) is 0.125. The minimum Gasteiger partial charge on any atom is -0.508 e. The van der Waals surface area contributed by atoms with Crippen LogP contribution in [-0.4, -0.2) is 104 Å². The molecule has 7 N–H and O–H groups in total. The van der Waals surface area contributed by atoms with Crippen molar-refractivity contribution in [2.24, 2.45) is 11.7 Å². The van der Waals surface area contributed by atoms with E-state index >= 15 is 0 Å². The lowest BCUT2D eigenvalue weighted by Crippen LogP contribution is -2.58. The molecular weight excluding hydrogens is 562 g/mol. The molecule has 1 aromatic carbocycles. The standard InChI is InChI=1S/C29H41N5O9/c1-16(2)13-19(30)27(40)34-12-4-6-23(34)28(41)33-11-3-5-22(33)26(39)31-20(15-24(36)37)25(38)32-21(29(42)43)14-17-7-9-18(35)10-8-17/h7-10,16,19-23,35H,3-6,11-15,30H2,1-2H3,(H,31,39)(H,32,38)(H,36,37)(H,42,43)/t19-,20-,21-,22-,23-/m0/s1. The maximum atomic E-state index is 13.6. The summed E-state index contributed by atoms with van der Waals surface area (Å²) in [5.74, 6) is -5.08. The molecule has 1 aromatic rings. The third kappa shape index (κ3) is 8.89. The molecule has 0 spiro atoms. The first-order valence-corrected chi connectivity index (χ1v) is 14.5. The highest BCUT2D eigenvalue weighted by Gasteiger charge is 2.43. The summed E-state index contributed by atoms with van der Waals surface area (Å²) in [5.41, 5.74) is 6.60. The number of rotatable bonds is 13. The normalized spacial score (nSPS) is 20.4. The molecule has 236 valence electrons. The number of carboxylic acid groups (broad SMARTS) is 2. The van der Waals surface area contributed by atoms with Crippen molar-refractivity contribution >= 4 is 35.6 Å². The van der Waals surface area contributed by atoms with Gasteiger partial charge < -0.3 is 41.5 Å². The lowest BCUT2D eigenvalue weighted by Gasteiger charge is -2.32. The van der Waals surface area contributed by atoms with Gasteiger partial charge in [0.25, 0.3) is 0 Å². The Balaban J connectivity index is 1.70. The van der Waals surface area contributed by atoms with Crippen LogP contribution >= 0.6 is 0 Å². The van der Waals surface area contributed by atoms with Gasteiger partial charge in [-0.05, 0) is 55.7 Å². The van der Waals surface area contributed by atoms with Crippen molar-refractivity contribution in [1.29, 1.82) is 0 Å². The van der Waals surface area contributed by atoms with Crippen LogP contribution in [-0.2, 0) is 35.2 Å². The van der Waals surface area contributed by atoms with Gasteiger partial charge in [0.1, 0.15) is 29.9 Å². The summed E-state index contributed by atoms with van der Waals surface area (Å²) in [7, 11) is 0. The maximum Gasteiger partial charge on any atom is 0.326 e. The van der Waals surface area contributed by atoms with E-state index in [0.29, 0.717) is 37.8 Å². The highest BCUT2D eigenvalue weighted by Crippen LogP contribution is 2.26. The number of hydrogen-bond donors (Lipinski definition) is 6. The largest absolute Gasteiger partial charge is 0.508 e. The van der Waals surface area contributed by atoms with Gasteiger partial charge in [0.15, 0.2) is 0 Å². The highest BCUT2D eigenvalue weighted by atomic mass is 16.4. The van der Waals surface area contributed by atoms with Gasteiger partial charge in [-0.1, -0.05) is 26.0 Å². The van der Waals surface area contributed by atoms with E-state index in [9.17, 15) is 44.1 Å². The Hall–Kier alpha value is -4.20. The zero-order valence-corrected chi connectivity index (χ0v) is 24.4. The van der Waals surface area contributed by atoms with Gasteiger partial charge in [-0.25, -0.2) is 4.79 Å². The molecule has 43 heavy (non-hydrogen) atoms. The predicted molar refractivity (Wildman–Crippen MR) is 152 cm³/mol. The SMILES string of the molecule is CC(C)C[C@H](N)C(=O)N1CCC[C@H]1C(=O)N1CCC[C@H]1C(=O)N[C@@H](CC(=O)O)C(=O)N[C@@H](Cc1ccc(O)cc1)C(=O)O. The number of aliphatic carboxylic acids is 2. The van der Waals surface area contributed by atoms with Crippen molar-refractivity contribution in [2.75, 3.05) is 13.1 Å². The number of carbonyl (C=O) groups is 6. The van der Waals surface area contributed by atoms with Gasteiger partial charge >= 0.3 is 11.9 Å². The van der Waals surface area contributed by atoms with Gasteiger partial charge in [0, 0.05) is 19.5 Å². The van der Waals surface area contributed by atoms with E-state index in [4.69, 9.17) is 5.73 Å². The number of phenolic OH excluding ortho intramolecular Hbond substituents is 1. The number of likely N-dealkylation sites (tertiary alicyclic amines) is 2. The highest BCUT2D eigenvalue weighted by molar-refractivity contribution is 5.97. The average Bonchev–Trinajstić information content (AvgIpc) is 3.62. The summed E-state index contributed by atoms with van der Waals surface area (Å²) < 4.78 is 0. The third-order valence-corrected chi connectivity index (χ3v) is 7.70. The molecule has 2 saturated heterocycles. The molecule has 5 atom stereocenters. The molecule has 2 fully saturated rings. The van der Waals surface area contributed by atoms with Crippen molar-refractivity contribution < 1.29 is 44.1 Å². The molecule has 0 aromatic heterocycles. The zero-order chi connectivity index (χ0) is 31.8. The summed E-state index contributed by atoms with van der Waals surface area (Å²) in [6.07, 6.45) is 1.28. The number of nitrogens with zero attached hydrogens (tertiary/aromatic N) is 2. The Kier molecular flexibility index (Phi) is 11.5. The van der Waals surface area contributed by atoms with Crippen LogP contribution in [0.3, 0.4) is 0 Å². The molecule has 0 aliphatic carbocycles. The Bertz CT molecular complexity index is 1210. The number of carboxylic acids is 2. The van der Waals surface area contributed by atoms with Crippen molar-refractivity contribution in [3.05, 3.63) is 29.8 Å². The van der Waals surface area contributed by atoms with E-state index < -0.39 is 66.3 Å². The van der Waals surface area contributed by atoms with Crippen molar-refractivity contribution in [2.45, 2.75) is 89.0 Å². The van der Waals surface area contributed by atoms with E-state index in [-0.39, 0.29) is 37.0 Å². The number of nitrogens with two attached hydrogens (primary N) is 1. The summed E-state index contributed by atoms with van der Waals surface area (Å²) in [6.45, 7) is 4.52. The van der Waals surface area contributed by atoms with Crippen LogP contribution in [0.15, 0.2) is 24.3 Å². The van der Waals surface area contributed by atoms with Crippen molar-refractivity contribution in [3.63, 3.8) is 0 Å². The molecule has 0 unspecified atom stereocenters. The first-order valence-electron chi connectivity index (χ1n) is 14.5. The summed E-state index contributed by atoms with van der Waals surface area (Å²) >= 11 is 0. The quantitative estimate of drug-likeness (QED) is 0.175. The van der Waals surface area contributed by atoms with Crippen LogP contribution in [0.1, 0.15) is 57.9 Å². The molecule has 3 rings (SSSR count). The number of hydrogen-bond acceptors (Lipinski definition) is 8. The second-order valence-electron chi connectivity index (χ2n) is 11.5. The number of benzene rings is 1. The first kappa shape index (κ1) is 33.3. The van der Waals surface area contributed by atoms with Crippen LogP contribution in [0.4, 0.5) is 0 Å². The lowest BCUT2D eigenvalue weighted by atomic mass is 10.0. The number of amides is 4. The Morgan fingerprint density at radius 3 is 2.09 bits per heavy atom. The van der Waals surface area contributed by atoms with Crippen LogP contribution in [0.5, 0.6) is 5.75 Å². The lowest BCUT2D eigenvalue weighted by molar-refractivity contribution is -0.148. The van der Waals surface area contributed by atoms with Gasteiger partial charge in [-0.3, -0.25) is 24.0 Å². The smallest absolute Gasteiger partial charge is 0.326 e. The maximum absolute atomic E-state index is 13.6. The Morgan fingerprint density at radius 2 is 1.51 bits per heavy atom. The van der Waals surface area contributed by atoms with Crippen LogP contribution in [0.25, 0.3) is 0 Å². The molecule has 0 saturated carbocycles. The molecular formula is C29H41N5O9. The van der Waals surface area contributed by atoms with E-state index in [1.54, 1.807) is 0 Å². The minimum atomic E-state index is -1.61. The van der Waals surface area contributed by atoms with Crippen LogP contribution in [0, 0.1) is 5.92 Å². The molecule has 2 aliphatic heterocycles. The van der Waals surface area contributed by atoms with Crippen LogP contribution in [0.2, 0.25) is 0 Å². The minimum absolute atomic E-state index is 0.0229. The number of phenols is 1. The van der Waals surface area contributed by atoms with Crippen molar-refractivity contribution in [1.82, 2.24) is 20.4 Å². The molecule has 0 radical (unpaired) electrons. The average molecular weight is 604 g/mol. The van der Waals surface area contributed by atoms with Gasteiger partial charge in [0.05, 0.1) is 12.5 Å². The Morgan fingerprint density at radius 1 is 0.907 bits per heavy atom. The van der Waals surface area contributed by atoms with Gasteiger partial charge in [-0.15, -0.1) is 0 Å². The van der Waals surface area contributed by atoms with E-state index in [0.717, 1.165) is 0 Å². The molecule has 14 heteroatoms.